The molecule has 1 saturated heterocycles. The molecule has 0 unspecified atom stereocenters. The molecule has 14 heteroatoms. The molecule has 0 radical (unpaired) electrons. The van der Waals surface area contributed by atoms with Crippen LogP contribution in [0.2, 0.25) is 0 Å². The first-order valence-corrected chi connectivity index (χ1v) is 18.2. The number of fused-ring (bicyclic) bond motifs is 1. The number of carbonyl (C=O) groups is 1. The number of thiazole rings is 1. The van der Waals surface area contributed by atoms with Gasteiger partial charge in [0.25, 0.3) is 0 Å². The van der Waals surface area contributed by atoms with Crippen molar-refractivity contribution >= 4 is 37.5 Å². The van der Waals surface area contributed by atoms with E-state index in [9.17, 15) is 21.6 Å². The lowest BCUT2D eigenvalue weighted by Crippen LogP contribution is -2.38. The minimum absolute atomic E-state index is 0.000402. The number of aromatic nitrogens is 1. The third-order valence-electron chi connectivity index (χ3n) is 7.41. The van der Waals surface area contributed by atoms with Crippen LogP contribution in [0.15, 0.2) is 35.7 Å². The summed E-state index contributed by atoms with van der Waals surface area (Å²) in [6.07, 6.45) is 2.93. The Morgan fingerprint density at radius 2 is 1.53 bits per heavy atom. The Labute approximate surface area is 256 Å². The van der Waals surface area contributed by atoms with E-state index in [1.54, 1.807) is 0 Å². The van der Waals surface area contributed by atoms with Crippen molar-refractivity contribution in [1.29, 1.82) is 0 Å². The van der Waals surface area contributed by atoms with Gasteiger partial charge in [0, 0.05) is 35.5 Å². The van der Waals surface area contributed by atoms with Gasteiger partial charge in [0.15, 0.2) is 0 Å². The fourth-order valence-electron chi connectivity index (χ4n) is 5.22. The lowest BCUT2D eigenvalue weighted by molar-refractivity contribution is -0.155. The van der Waals surface area contributed by atoms with Gasteiger partial charge in [-0.25, -0.2) is 4.98 Å². The van der Waals surface area contributed by atoms with Crippen molar-refractivity contribution in [2.45, 2.75) is 58.5 Å². The maximum atomic E-state index is 13.0. The number of ether oxygens (including phenoxy) is 2. The van der Waals surface area contributed by atoms with E-state index in [0.717, 1.165) is 47.1 Å². The average Bonchev–Trinajstić information content (AvgIpc) is 3.30. The van der Waals surface area contributed by atoms with Gasteiger partial charge in [-0.2, -0.15) is 16.8 Å². The number of amides is 1. The number of nitrogens with zero attached hydrogens (tertiary/aromatic N) is 2. The number of aryl methyl sites for hydroxylation is 2. The van der Waals surface area contributed by atoms with E-state index in [1.165, 1.54) is 23.5 Å². The topological polar surface area (TPSA) is 138 Å². The first-order chi connectivity index (χ1) is 20.3. The summed E-state index contributed by atoms with van der Waals surface area (Å²) in [5, 5.41) is 2.78. The van der Waals surface area contributed by atoms with Crippen molar-refractivity contribution in [3.8, 4) is 11.5 Å². The zero-order valence-electron chi connectivity index (χ0n) is 24.4. The highest BCUT2D eigenvalue weighted by Crippen LogP contribution is 2.39. The summed E-state index contributed by atoms with van der Waals surface area (Å²) in [5.74, 6) is 0.321. The van der Waals surface area contributed by atoms with Crippen LogP contribution in [0.25, 0.3) is 0 Å². The molecule has 11 nitrogen and oxygen atoms in total. The molecule has 5 rings (SSSR count). The number of hydrogen-bond acceptors (Lipinski definition) is 11. The number of piperidine rings is 1. The second-order valence-corrected chi connectivity index (χ2v) is 15.0. The highest BCUT2D eigenvalue weighted by molar-refractivity contribution is 7.86. The van der Waals surface area contributed by atoms with E-state index in [2.05, 4.69) is 18.2 Å². The monoisotopic (exact) mass is 650 g/mol. The second kappa shape index (κ2) is 12.5. The van der Waals surface area contributed by atoms with Crippen LogP contribution < -0.4 is 8.37 Å². The van der Waals surface area contributed by atoms with E-state index in [-0.39, 0.29) is 36.5 Å². The van der Waals surface area contributed by atoms with E-state index in [4.69, 9.17) is 22.8 Å². The number of benzene rings is 2. The summed E-state index contributed by atoms with van der Waals surface area (Å²) in [5.41, 5.74) is 4.49. The molecule has 0 N–H and O–H groups in total. The molecule has 1 fully saturated rings. The van der Waals surface area contributed by atoms with Crippen molar-refractivity contribution in [2.75, 3.05) is 25.6 Å². The van der Waals surface area contributed by atoms with Gasteiger partial charge in [-0.1, -0.05) is 23.8 Å². The molecule has 1 aromatic heterocycles. The number of likely N-dealkylation sites (tertiary alicyclic amines) is 1. The number of carbonyl (C=O) groups excluding carboxylic acids is 1. The normalized spacial score (nSPS) is 16.9. The Morgan fingerprint density at radius 3 is 2.09 bits per heavy atom. The molecule has 2 aromatic carbocycles. The van der Waals surface area contributed by atoms with Crippen LogP contribution in [0.3, 0.4) is 0 Å². The van der Waals surface area contributed by atoms with Gasteiger partial charge in [0.1, 0.15) is 17.2 Å². The van der Waals surface area contributed by atoms with Gasteiger partial charge in [0.2, 0.25) is 12.2 Å². The minimum atomic E-state index is -3.87. The van der Waals surface area contributed by atoms with Crippen molar-refractivity contribution < 1.29 is 39.5 Å². The van der Waals surface area contributed by atoms with Crippen LogP contribution in [0, 0.1) is 13.8 Å². The molecule has 3 heterocycles. The summed E-state index contributed by atoms with van der Waals surface area (Å²) in [6.45, 7) is 5.11. The Balaban J connectivity index is 1.25. The predicted octanol–water partition coefficient (Wildman–Crippen LogP) is 4.13. The Hall–Kier alpha value is -3.04. The van der Waals surface area contributed by atoms with Crippen LogP contribution in [-0.2, 0) is 54.1 Å². The summed E-state index contributed by atoms with van der Waals surface area (Å²) in [7, 11) is -7.73. The third kappa shape index (κ3) is 7.92. The quantitative estimate of drug-likeness (QED) is 0.327. The molecule has 232 valence electrons. The molecule has 1 amide bonds. The standard InChI is InChI=1S/C29H34N2O9S3/c1-18-5-6-19(2)21(13-18)14-27(32)31-11-9-20(10-12-31)28-30-24(17-41-28)29-37-15-22-23(16-38-29)26(40-43(4,35)36)8-7-25(22)39-42(3,33)34/h5-8,13,17,20,29H,9-12,14-16H2,1-4H3. The third-order valence-corrected chi connectivity index (χ3v) is 9.40. The van der Waals surface area contributed by atoms with Gasteiger partial charge in [-0.3, -0.25) is 4.79 Å². The van der Waals surface area contributed by atoms with Crippen molar-refractivity contribution in [1.82, 2.24) is 9.88 Å². The lowest BCUT2D eigenvalue weighted by atomic mass is 9.96. The van der Waals surface area contributed by atoms with Crippen molar-refractivity contribution in [3.63, 3.8) is 0 Å². The number of hydrogen-bond donors (Lipinski definition) is 0. The summed E-state index contributed by atoms with van der Waals surface area (Å²) in [4.78, 5) is 19.7. The van der Waals surface area contributed by atoms with Crippen molar-refractivity contribution in [2.24, 2.45) is 0 Å². The van der Waals surface area contributed by atoms with Gasteiger partial charge in [-0.05, 0) is 49.9 Å². The van der Waals surface area contributed by atoms with Gasteiger partial charge in [-0.15, -0.1) is 11.3 Å². The van der Waals surface area contributed by atoms with Gasteiger partial charge >= 0.3 is 20.2 Å². The van der Waals surface area contributed by atoms with Crippen LogP contribution in [0.1, 0.15) is 63.6 Å². The zero-order valence-corrected chi connectivity index (χ0v) is 26.8. The molecule has 3 aromatic rings. The van der Waals surface area contributed by atoms with Crippen molar-refractivity contribution in [3.05, 3.63) is 74.2 Å². The molecule has 0 spiro atoms. The Bertz CT molecular complexity index is 1660. The largest absolute Gasteiger partial charge is 0.382 e. The summed E-state index contributed by atoms with van der Waals surface area (Å²) < 4.78 is 69.5. The molecule has 43 heavy (non-hydrogen) atoms. The molecule has 0 bridgehead atoms. The fraction of sp³-hybridized carbons (Fsp3) is 0.448. The Kier molecular flexibility index (Phi) is 9.14. The highest BCUT2D eigenvalue weighted by atomic mass is 32.2. The summed E-state index contributed by atoms with van der Waals surface area (Å²) >= 11 is 1.50. The molecule has 0 saturated carbocycles. The molecule has 2 aliphatic heterocycles. The van der Waals surface area contributed by atoms with E-state index in [0.29, 0.717) is 36.3 Å². The SMILES string of the molecule is Cc1ccc(C)c(CC(=O)N2CCC(c3nc(C4OCc5c(OS(C)(=O)=O)ccc(OS(C)(=O)=O)c5CO4)cs3)CC2)c1. The highest BCUT2D eigenvalue weighted by Gasteiger charge is 2.30. The Morgan fingerprint density at radius 1 is 0.953 bits per heavy atom. The molecule has 2 aliphatic rings. The van der Waals surface area contributed by atoms with Crippen LogP contribution in [0.5, 0.6) is 11.5 Å². The maximum absolute atomic E-state index is 13.0. The first-order valence-electron chi connectivity index (χ1n) is 13.7. The van der Waals surface area contributed by atoms with E-state index < -0.39 is 26.5 Å². The average molecular weight is 651 g/mol. The van der Waals surface area contributed by atoms with Crippen LogP contribution in [-0.4, -0.2) is 58.2 Å². The van der Waals surface area contributed by atoms with E-state index in [1.807, 2.05) is 24.1 Å². The maximum Gasteiger partial charge on any atom is 0.306 e. The molecular weight excluding hydrogens is 617 g/mol. The first kappa shape index (κ1) is 31.4. The summed E-state index contributed by atoms with van der Waals surface area (Å²) in [6, 6.07) is 8.83. The smallest absolute Gasteiger partial charge is 0.306 e. The lowest BCUT2D eigenvalue weighted by Gasteiger charge is -2.31. The van der Waals surface area contributed by atoms with Gasteiger partial charge < -0.3 is 22.7 Å². The minimum Gasteiger partial charge on any atom is -0.382 e. The zero-order chi connectivity index (χ0) is 30.9. The van der Waals surface area contributed by atoms with Crippen LogP contribution in [0.4, 0.5) is 0 Å². The molecular formula is C29H34N2O9S3. The second-order valence-electron chi connectivity index (χ2n) is 10.9. The fourth-order valence-corrected chi connectivity index (χ4v) is 7.18. The van der Waals surface area contributed by atoms with Crippen LogP contribution >= 0.6 is 11.3 Å². The molecule has 0 aliphatic carbocycles. The van der Waals surface area contributed by atoms with E-state index >= 15 is 0 Å². The van der Waals surface area contributed by atoms with Gasteiger partial charge in [0.05, 0.1) is 37.2 Å². The molecule has 0 atom stereocenters. The number of rotatable bonds is 8. The predicted molar refractivity (Wildman–Crippen MR) is 160 cm³/mol.